The molecule has 0 aliphatic heterocycles. The summed E-state index contributed by atoms with van der Waals surface area (Å²) < 4.78 is 10.9. The van der Waals surface area contributed by atoms with Crippen LogP contribution in [0.4, 0.5) is 5.69 Å². The quantitative estimate of drug-likeness (QED) is 0.595. The van der Waals surface area contributed by atoms with Crippen molar-refractivity contribution in [3.05, 3.63) is 29.8 Å². The molecule has 3 heteroatoms. The molecule has 0 saturated carbocycles. The molecule has 1 aromatic carbocycles. The fourth-order valence-electron chi connectivity index (χ4n) is 1.27. The van der Waals surface area contributed by atoms with Crippen molar-refractivity contribution < 1.29 is 9.47 Å². The normalized spacial score (nSPS) is 11.7. The second-order valence-corrected chi connectivity index (χ2v) is 4.47. The average Bonchev–Trinajstić information content (AvgIpc) is 2.27. The fourth-order valence-corrected chi connectivity index (χ4v) is 1.27. The molecule has 0 radical (unpaired) electrons. The summed E-state index contributed by atoms with van der Waals surface area (Å²) in [5.74, 6) is 0. The van der Waals surface area contributed by atoms with Crippen LogP contribution in [0.25, 0.3) is 0 Å². The maximum atomic E-state index is 5.81. The molecule has 0 spiro atoms. The van der Waals surface area contributed by atoms with Crippen molar-refractivity contribution in [3.63, 3.8) is 0 Å². The van der Waals surface area contributed by atoms with Crippen LogP contribution in [-0.2, 0) is 16.1 Å². The van der Waals surface area contributed by atoms with E-state index in [0.29, 0.717) is 13.2 Å². The number of nitrogens with two attached hydrogens (primary N) is 1. The smallest absolute Gasteiger partial charge is 0.0736 e. The standard InChI is InChI=1S/C13H21NO2/c1-13(2,15-3)8-9-16-10-11-6-4-5-7-12(11)14/h4-7H,8-10,14H2,1-3H3. The van der Waals surface area contributed by atoms with E-state index in [1.807, 2.05) is 38.1 Å². The Bertz CT molecular complexity index is 323. The molecule has 0 heterocycles. The number of para-hydroxylation sites is 1. The molecule has 0 saturated heterocycles. The minimum atomic E-state index is -0.123. The molecule has 0 atom stereocenters. The number of ether oxygens (including phenoxy) is 2. The van der Waals surface area contributed by atoms with Crippen molar-refractivity contribution in [1.29, 1.82) is 0 Å². The zero-order chi connectivity index (χ0) is 12.0. The van der Waals surface area contributed by atoms with Crippen molar-refractivity contribution in [2.75, 3.05) is 19.5 Å². The van der Waals surface area contributed by atoms with Crippen molar-refractivity contribution in [2.45, 2.75) is 32.5 Å². The highest BCUT2D eigenvalue weighted by Gasteiger charge is 2.15. The second-order valence-electron chi connectivity index (χ2n) is 4.47. The van der Waals surface area contributed by atoms with Gasteiger partial charge in [0, 0.05) is 25.0 Å². The SMILES string of the molecule is COC(C)(C)CCOCc1ccccc1N. The van der Waals surface area contributed by atoms with Gasteiger partial charge in [0.15, 0.2) is 0 Å². The number of hydrogen-bond donors (Lipinski definition) is 1. The summed E-state index contributed by atoms with van der Waals surface area (Å²) in [6, 6.07) is 7.76. The number of anilines is 1. The molecule has 90 valence electrons. The van der Waals surface area contributed by atoms with Crippen molar-refractivity contribution >= 4 is 5.69 Å². The van der Waals surface area contributed by atoms with Gasteiger partial charge in [0.25, 0.3) is 0 Å². The highest BCUT2D eigenvalue weighted by atomic mass is 16.5. The van der Waals surface area contributed by atoms with Crippen LogP contribution in [0.3, 0.4) is 0 Å². The van der Waals surface area contributed by atoms with E-state index in [9.17, 15) is 0 Å². The van der Waals surface area contributed by atoms with Crippen LogP contribution in [0, 0.1) is 0 Å². The molecule has 0 fully saturated rings. The minimum Gasteiger partial charge on any atom is -0.398 e. The molecular weight excluding hydrogens is 202 g/mol. The van der Waals surface area contributed by atoms with Gasteiger partial charge in [0.05, 0.1) is 12.2 Å². The molecule has 1 aromatic rings. The largest absolute Gasteiger partial charge is 0.398 e. The van der Waals surface area contributed by atoms with Gasteiger partial charge in [-0.2, -0.15) is 0 Å². The first-order valence-electron chi connectivity index (χ1n) is 5.51. The van der Waals surface area contributed by atoms with Gasteiger partial charge in [-0.1, -0.05) is 18.2 Å². The molecule has 0 aromatic heterocycles. The van der Waals surface area contributed by atoms with Crippen molar-refractivity contribution in [3.8, 4) is 0 Å². The zero-order valence-electron chi connectivity index (χ0n) is 10.3. The van der Waals surface area contributed by atoms with Gasteiger partial charge in [-0.15, -0.1) is 0 Å². The molecule has 0 amide bonds. The van der Waals surface area contributed by atoms with E-state index < -0.39 is 0 Å². The lowest BCUT2D eigenvalue weighted by Crippen LogP contribution is -2.24. The van der Waals surface area contributed by atoms with E-state index >= 15 is 0 Å². The Hall–Kier alpha value is -1.06. The Labute approximate surface area is 97.6 Å². The summed E-state index contributed by atoms with van der Waals surface area (Å²) in [7, 11) is 1.72. The topological polar surface area (TPSA) is 44.5 Å². The van der Waals surface area contributed by atoms with Crippen LogP contribution in [0.1, 0.15) is 25.8 Å². The molecular formula is C13H21NO2. The maximum absolute atomic E-state index is 5.81. The van der Waals surface area contributed by atoms with Crippen LogP contribution in [0.2, 0.25) is 0 Å². The first-order chi connectivity index (χ1) is 7.55. The van der Waals surface area contributed by atoms with Crippen LogP contribution in [-0.4, -0.2) is 19.3 Å². The first kappa shape index (κ1) is 13.0. The molecule has 0 aliphatic carbocycles. The van der Waals surface area contributed by atoms with E-state index in [1.165, 1.54) is 0 Å². The van der Waals surface area contributed by atoms with E-state index in [4.69, 9.17) is 15.2 Å². The van der Waals surface area contributed by atoms with Gasteiger partial charge < -0.3 is 15.2 Å². The predicted molar refractivity (Wildman–Crippen MR) is 66.2 cm³/mol. The highest BCUT2D eigenvalue weighted by molar-refractivity contribution is 5.45. The van der Waals surface area contributed by atoms with Crippen molar-refractivity contribution in [2.24, 2.45) is 0 Å². The van der Waals surface area contributed by atoms with Crippen LogP contribution in [0.5, 0.6) is 0 Å². The fraction of sp³-hybridized carbons (Fsp3) is 0.538. The Morgan fingerprint density at radius 3 is 2.56 bits per heavy atom. The average molecular weight is 223 g/mol. The number of hydrogen-bond acceptors (Lipinski definition) is 3. The van der Waals surface area contributed by atoms with Gasteiger partial charge in [-0.05, 0) is 26.3 Å². The predicted octanol–water partition coefficient (Wildman–Crippen LogP) is 2.60. The molecule has 16 heavy (non-hydrogen) atoms. The van der Waals surface area contributed by atoms with Crippen molar-refractivity contribution in [1.82, 2.24) is 0 Å². The molecule has 0 bridgehead atoms. The summed E-state index contributed by atoms with van der Waals surface area (Å²) in [5.41, 5.74) is 7.51. The Balaban J connectivity index is 2.29. The molecule has 1 rings (SSSR count). The zero-order valence-corrected chi connectivity index (χ0v) is 10.3. The third kappa shape index (κ3) is 4.21. The van der Waals surface area contributed by atoms with E-state index in [1.54, 1.807) is 7.11 Å². The second kappa shape index (κ2) is 5.87. The number of methoxy groups -OCH3 is 1. The summed E-state index contributed by atoms with van der Waals surface area (Å²) in [6.45, 7) is 5.34. The molecule has 0 aliphatic rings. The molecule has 2 N–H and O–H groups in total. The minimum absolute atomic E-state index is 0.123. The Kier molecular flexibility index (Phi) is 4.77. The molecule has 0 unspecified atom stereocenters. The number of nitrogen functional groups attached to an aromatic ring is 1. The lowest BCUT2D eigenvalue weighted by atomic mass is 10.1. The van der Waals surface area contributed by atoms with Crippen LogP contribution < -0.4 is 5.73 Å². The number of rotatable bonds is 6. The van der Waals surface area contributed by atoms with E-state index in [2.05, 4.69) is 0 Å². The van der Waals surface area contributed by atoms with E-state index in [0.717, 1.165) is 17.7 Å². The third-order valence-electron chi connectivity index (χ3n) is 2.71. The van der Waals surface area contributed by atoms with Crippen LogP contribution in [0.15, 0.2) is 24.3 Å². The van der Waals surface area contributed by atoms with Gasteiger partial charge in [0.1, 0.15) is 0 Å². The summed E-state index contributed by atoms with van der Waals surface area (Å²) in [4.78, 5) is 0. The van der Waals surface area contributed by atoms with Gasteiger partial charge in [0.2, 0.25) is 0 Å². The number of benzene rings is 1. The van der Waals surface area contributed by atoms with Gasteiger partial charge >= 0.3 is 0 Å². The summed E-state index contributed by atoms with van der Waals surface area (Å²) >= 11 is 0. The Morgan fingerprint density at radius 2 is 1.94 bits per heavy atom. The summed E-state index contributed by atoms with van der Waals surface area (Å²) in [5, 5.41) is 0. The van der Waals surface area contributed by atoms with Gasteiger partial charge in [-0.3, -0.25) is 0 Å². The van der Waals surface area contributed by atoms with Crippen LogP contribution >= 0.6 is 0 Å². The summed E-state index contributed by atoms with van der Waals surface area (Å²) in [6.07, 6.45) is 0.871. The Morgan fingerprint density at radius 1 is 1.25 bits per heavy atom. The first-order valence-corrected chi connectivity index (χ1v) is 5.51. The van der Waals surface area contributed by atoms with Gasteiger partial charge in [-0.25, -0.2) is 0 Å². The van der Waals surface area contributed by atoms with E-state index in [-0.39, 0.29) is 5.60 Å². The highest BCUT2D eigenvalue weighted by Crippen LogP contribution is 2.15. The third-order valence-corrected chi connectivity index (χ3v) is 2.71. The maximum Gasteiger partial charge on any atom is 0.0736 e. The lowest BCUT2D eigenvalue weighted by molar-refractivity contribution is -0.0123. The molecule has 3 nitrogen and oxygen atoms in total. The lowest BCUT2D eigenvalue weighted by Gasteiger charge is -2.22. The monoisotopic (exact) mass is 223 g/mol.